The standard InChI is InChI=1S/C6H6.C3H4O2S/c1-2-4-6-5-3-1;4-3(5)1-2-6/h1-6H;1-2,6H,(H,4,5). The number of benzene rings is 1. The lowest BCUT2D eigenvalue weighted by molar-refractivity contribution is -0.131. The molecule has 1 rings (SSSR count). The van der Waals surface area contributed by atoms with Gasteiger partial charge in [0, 0.05) is 6.08 Å². The molecule has 0 amide bonds. The minimum absolute atomic E-state index is 0.948. The molecule has 0 saturated heterocycles. The fourth-order valence-corrected chi connectivity index (χ4v) is 0.576. The van der Waals surface area contributed by atoms with Crippen molar-refractivity contribution in [3.63, 3.8) is 0 Å². The van der Waals surface area contributed by atoms with Crippen molar-refractivity contribution >= 4 is 18.6 Å². The van der Waals surface area contributed by atoms with Crippen molar-refractivity contribution in [2.75, 3.05) is 0 Å². The molecule has 0 atom stereocenters. The van der Waals surface area contributed by atoms with Gasteiger partial charge in [-0.1, -0.05) is 36.4 Å². The maximum atomic E-state index is 9.46. The maximum absolute atomic E-state index is 9.46. The average molecular weight is 182 g/mol. The molecule has 0 fully saturated rings. The second kappa shape index (κ2) is 7.88. The van der Waals surface area contributed by atoms with Crippen molar-refractivity contribution in [3.05, 3.63) is 47.9 Å². The molecular weight excluding hydrogens is 172 g/mol. The summed E-state index contributed by atoms with van der Waals surface area (Å²) in [5, 5.41) is 8.95. The molecule has 0 unspecified atom stereocenters. The molecule has 64 valence electrons. The Morgan fingerprint density at radius 1 is 1.08 bits per heavy atom. The third kappa shape index (κ3) is 8.78. The Kier molecular flexibility index (Phi) is 7.08. The maximum Gasteiger partial charge on any atom is 0.328 e. The van der Waals surface area contributed by atoms with Crippen molar-refractivity contribution in [1.29, 1.82) is 0 Å². The van der Waals surface area contributed by atoms with E-state index in [-0.39, 0.29) is 0 Å². The van der Waals surface area contributed by atoms with Crippen LogP contribution in [0.1, 0.15) is 0 Å². The van der Waals surface area contributed by atoms with Crippen LogP contribution < -0.4 is 0 Å². The van der Waals surface area contributed by atoms with Gasteiger partial charge in [0.25, 0.3) is 0 Å². The topological polar surface area (TPSA) is 37.3 Å². The van der Waals surface area contributed by atoms with Crippen LogP contribution in [0.4, 0.5) is 0 Å². The molecule has 1 N–H and O–H groups in total. The normalized spacial score (nSPS) is 8.75. The first-order valence-corrected chi connectivity index (χ1v) is 3.82. The van der Waals surface area contributed by atoms with Gasteiger partial charge < -0.3 is 5.11 Å². The van der Waals surface area contributed by atoms with E-state index in [1.54, 1.807) is 0 Å². The van der Waals surface area contributed by atoms with Gasteiger partial charge in [-0.05, 0) is 5.41 Å². The van der Waals surface area contributed by atoms with Crippen LogP contribution in [-0.4, -0.2) is 11.1 Å². The van der Waals surface area contributed by atoms with E-state index >= 15 is 0 Å². The number of rotatable bonds is 1. The molecule has 3 heteroatoms. The third-order valence-corrected chi connectivity index (χ3v) is 1.03. The van der Waals surface area contributed by atoms with E-state index in [1.165, 1.54) is 5.41 Å². The van der Waals surface area contributed by atoms with Gasteiger partial charge in [0.05, 0.1) is 0 Å². The van der Waals surface area contributed by atoms with Gasteiger partial charge in [-0.2, -0.15) is 12.6 Å². The molecule has 0 spiro atoms. The second-order valence-corrected chi connectivity index (χ2v) is 2.11. The van der Waals surface area contributed by atoms with Gasteiger partial charge in [0.15, 0.2) is 0 Å². The first-order chi connectivity index (χ1) is 5.77. The van der Waals surface area contributed by atoms with E-state index in [1.807, 2.05) is 36.4 Å². The predicted molar refractivity (Wildman–Crippen MR) is 52.2 cm³/mol. The van der Waals surface area contributed by atoms with Gasteiger partial charge in [0.1, 0.15) is 0 Å². The number of carbonyl (C=O) groups is 1. The number of carboxylic acid groups (broad SMARTS) is 1. The second-order valence-electron chi connectivity index (χ2n) is 1.81. The van der Waals surface area contributed by atoms with E-state index in [0.717, 1.165) is 6.08 Å². The number of carboxylic acids is 1. The summed E-state index contributed by atoms with van der Waals surface area (Å²) in [5.74, 6) is -0.968. The Balaban J connectivity index is 0.000000202. The summed E-state index contributed by atoms with van der Waals surface area (Å²) < 4.78 is 0. The average Bonchev–Trinajstić information content (AvgIpc) is 2.08. The Morgan fingerprint density at radius 3 is 1.50 bits per heavy atom. The zero-order valence-corrected chi connectivity index (χ0v) is 7.32. The molecule has 0 saturated carbocycles. The van der Waals surface area contributed by atoms with Crippen molar-refractivity contribution < 1.29 is 9.90 Å². The smallest absolute Gasteiger partial charge is 0.328 e. The summed E-state index contributed by atoms with van der Waals surface area (Å²) in [6.45, 7) is 0. The Morgan fingerprint density at radius 2 is 1.42 bits per heavy atom. The van der Waals surface area contributed by atoms with Crippen LogP contribution in [0.2, 0.25) is 0 Å². The molecule has 1 aromatic carbocycles. The monoisotopic (exact) mass is 182 g/mol. The first-order valence-electron chi connectivity index (χ1n) is 3.31. The number of hydrogen-bond acceptors (Lipinski definition) is 2. The summed E-state index contributed by atoms with van der Waals surface area (Å²) in [4.78, 5) is 9.46. The fourth-order valence-electron chi connectivity index (χ4n) is 0.449. The van der Waals surface area contributed by atoms with Gasteiger partial charge in [-0.25, -0.2) is 4.79 Å². The molecule has 0 aliphatic carbocycles. The van der Waals surface area contributed by atoms with E-state index in [9.17, 15) is 4.79 Å². The molecule has 0 bridgehead atoms. The predicted octanol–water partition coefficient (Wildman–Crippen LogP) is 2.20. The highest BCUT2D eigenvalue weighted by molar-refractivity contribution is 7.83. The molecule has 2 nitrogen and oxygen atoms in total. The Bertz CT molecular complexity index is 205. The van der Waals surface area contributed by atoms with Crippen molar-refractivity contribution in [2.45, 2.75) is 0 Å². The third-order valence-electron chi connectivity index (χ3n) is 0.884. The zero-order valence-electron chi connectivity index (χ0n) is 6.42. The number of hydrogen-bond donors (Lipinski definition) is 2. The minimum Gasteiger partial charge on any atom is -0.478 e. The van der Waals surface area contributed by atoms with Gasteiger partial charge >= 0.3 is 5.97 Å². The lowest BCUT2D eigenvalue weighted by atomic mass is 10.4. The van der Waals surface area contributed by atoms with Crippen LogP contribution in [-0.2, 0) is 4.79 Å². The van der Waals surface area contributed by atoms with Crippen molar-refractivity contribution in [2.24, 2.45) is 0 Å². The number of thiol groups is 1. The van der Waals surface area contributed by atoms with Crippen LogP contribution in [0.5, 0.6) is 0 Å². The van der Waals surface area contributed by atoms with Crippen molar-refractivity contribution in [1.82, 2.24) is 0 Å². The Labute approximate surface area is 77.0 Å². The van der Waals surface area contributed by atoms with Crippen LogP contribution in [0, 0.1) is 0 Å². The number of aliphatic carboxylic acids is 1. The highest BCUT2D eigenvalue weighted by Gasteiger charge is 1.77. The van der Waals surface area contributed by atoms with Crippen LogP contribution in [0.3, 0.4) is 0 Å². The van der Waals surface area contributed by atoms with Crippen LogP contribution >= 0.6 is 12.6 Å². The summed E-state index contributed by atoms with van der Waals surface area (Å²) in [6, 6.07) is 12.0. The largest absolute Gasteiger partial charge is 0.478 e. The molecule has 12 heavy (non-hydrogen) atoms. The molecule has 0 radical (unpaired) electrons. The van der Waals surface area contributed by atoms with E-state index < -0.39 is 5.97 Å². The Hall–Kier alpha value is -1.22. The van der Waals surface area contributed by atoms with Gasteiger partial charge in [0.2, 0.25) is 0 Å². The summed E-state index contributed by atoms with van der Waals surface area (Å²) in [6.07, 6.45) is 0.948. The van der Waals surface area contributed by atoms with Gasteiger partial charge in [-0.15, -0.1) is 0 Å². The molecule has 0 aliphatic rings. The molecule has 1 aromatic rings. The van der Waals surface area contributed by atoms with Gasteiger partial charge in [-0.3, -0.25) is 0 Å². The summed E-state index contributed by atoms with van der Waals surface area (Å²) >= 11 is 3.50. The lowest BCUT2D eigenvalue weighted by Crippen LogP contribution is -1.83. The SMILES string of the molecule is O=C(O)C=CS.c1ccccc1. The van der Waals surface area contributed by atoms with E-state index in [4.69, 9.17) is 5.11 Å². The first kappa shape index (κ1) is 10.8. The zero-order chi connectivity index (χ0) is 9.23. The van der Waals surface area contributed by atoms with Crippen LogP contribution in [0.25, 0.3) is 0 Å². The van der Waals surface area contributed by atoms with E-state index in [0.29, 0.717) is 0 Å². The summed E-state index contributed by atoms with van der Waals surface area (Å²) in [5.41, 5.74) is 0. The molecule has 0 heterocycles. The fraction of sp³-hybridized carbons (Fsp3) is 0. The quantitative estimate of drug-likeness (QED) is 0.516. The summed E-state index contributed by atoms with van der Waals surface area (Å²) in [7, 11) is 0. The lowest BCUT2D eigenvalue weighted by Gasteiger charge is -1.69. The molecule has 0 aliphatic heterocycles. The molecular formula is C9H10O2S. The van der Waals surface area contributed by atoms with Crippen molar-refractivity contribution in [3.8, 4) is 0 Å². The minimum atomic E-state index is -0.968. The highest BCUT2D eigenvalue weighted by atomic mass is 32.1. The van der Waals surface area contributed by atoms with E-state index in [2.05, 4.69) is 12.6 Å². The van der Waals surface area contributed by atoms with Crippen LogP contribution in [0.15, 0.2) is 47.9 Å². The molecule has 0 aromatic heterocycles. The highest BCUT2D eigenvalue weighted by Crippen LogP contribution is 1.79.